The molecular weight excluding hydrogens is 637 g/mol. The van der Waals surface area contributed by atoms with Crippen LogP contribution in [0.2, 0.25) is 0 Å². The van der Waals surface area contributed by atoms with Gasteiger partial charge in [-0.2, -0.15) is 5.26 Å². The SMILES string of the molecule is C=NC1CCCC(C2=CC3C4=C(C=Cc5c(oc6ccccc56)C4)N(c4ccccc4)C3C=C2)=C1N1C2C=CCC=CC2C2C=C(C#N)C=C[C@]21C. The van der Waals surface area contributed by atoms with Gasteiger partial charge in [0.15, 0.2) is 0 Å². The first kappa shape index (κ1) is 31.2. The third-order valence-electron chi connectivity index (χ3n) is 12.7. The van der Waals surface area contributed by atoms with E-state index in [9.17, 15) is 5.26 Å². The highest BCUT2D eigenvalue weighted by molar-refractivity contribution is 5.90. The summed E-state index contributed by atoms with van der Waals surface area (Å²) in [6, 6.07) is 22.0. The highest BCUT2D eigenvalue weighted by atomic mass is 16.3. The Labute approximate surface area is 306 Å². The number of hydrogen-bond acceptors (Lipinski definition) is 5. The van der Waals surface area contributed by atoms with Crippen molar-refractivity contribution < 1.29 is 4.42 Å². The van der Waals surface area contributed by atoms with Crippen LogP contribution in [0.3, 0.4) is 0 Å². The number of aliphatic imine (C=N–C) groups is 1. The maximum absolute atomic E-state index is 9.93. The molecule has 1 fully saturated rings. The Balaban J connectivity index is 1.13. The molecule has 6 unspecified atom stereocenters. The standard InChI is InChI=1S/C47H42N4O/c1-47-25-24-30(29-48)26-39(47)36-15-7-4-8-18-43(36)51(47)46-33(16-11-17-40(46)49-2)31-20-22-41-37(27-31)38-28-45-35(34-14-9-10-19-44(34)52-45)21-23-42(38)50(41)32-12-5-3-6-13-32/h3,5-10,12-15,18-27,36-37,39-41,43H,2,4,11,16-17,28H2,1H3/t36?,37?,39?,40?,41?,43?,47-/m1/s1. The summed E-state index contributed by atoms with van der Waals surface area (Å²) in [6.45, 7) is 6.54. The van der Waals surface area contributed by atoms with E-state index >= 15 is 0 Å². The van der Waals surface area contributed by atoms with Crippen LogP contribution in [0.4, 0.5) is 5.69 Å². The fourth-order valence-electron chi connectivity index (χ4n) is 10.4. The molecule has 256 valence electrons. The van der Waals surface area contributed by atoms with E-state index in [-0.39, 0.29) is 41.4 Å². The van der Waals surface area contributed by atoms with Crippen LogP contribution in [0.5, 0.6) is 0 Å². The monoisotopic (exact) mass is 678 g/mol. The second kappa shape index (κ2) is 12.0. The van der Waals surface area contributed by atoms with Gasteiger partial charge in [-0.1, -0.05) is 91.1 Å². The van der Waals surface area contributed by atoms with Crippen LogP contribution in [0.15, 0.2) is 165 Å². The Morgan fingerprint density at radius 1 is 0.942 bits per heavy atom. The molecule has 10 rings (SSSR count). The molecule has 2 aliphatic heterocycles. The molecule has 3 aromatic rings. The van der Waals surface area contributed by atoms with E-state index in [1.165, 1.54) is 44.8 Å². The zero-order valence-electron chi connectivity index (χ0n) is 29.5. The molecule has 1 aromatic heterocycles. The minimum Gasteiger partial charge on any atom is -0.460 e. The molecular formula is C47H42N4O. The van der Waals surface area contributed by atoms with Crippen LogP contribution in [0.25, 0.3) is 17.0 Å². The van der Waals surface area contributed by atoms with Gasteiger partial charge in [-0.15, -0.1) is 0 Å². The molecule has 3 heterocycles. The molecule has 5 aliphatic carbocycles. The minimum absolute atomic E-state index is 0.000432. The van der Waals surface area contributed by atoms with Crippen LogP contribution < -0.4 is 4.90 Å². The summed E-state index contributed by atoms with van der Waals surface area (Å²) in [5, 5.41) is 11.1. The maximum atomic E-state index is 9.93. The van der Waals surface area contributed by atoms with Crippen LogP contribution in [0.1, 0.15) is 43.9 Å². The molecule has 0 bridgehead atoms. The maximum Gasteiger partial charge on any atom is 0.134 e. The lowest BCUT2D eigenvalue weighted by molar-refractivity contribution is 0.188. The lowest BCUT2D eigenvalue weighted by atomic mass is 9.75. The van der Waals surface area contributed by atoms with Crippen molar-refractivity contribution >= 4 is 29.5 Å². The Morgan fingerprint density at radius 3 is 2.65 bits per heavy atom. The number of hydrogen-bond donors (Lipinski definition) is 0. The van der Waals surface area contributed by atoms with Gasteiger partial charge in [0.25, 0.3) is 0 Å². The molecule has 5 nitrogen and oxygen atoms in total. The van der Waals surface area contributed by atoms with Gasteiger partial charge < -0.3 is 14.2 Å². The lowest BCUT2D eigenvalue weighted by Crippen LogP contribution is -2.49. The van der Waals surface area contributed by atoms with E-state index in [4.69, 9.17) is 9.41 Å². The number of para-hydroxylation sites is 2. The van der Waals surface area contributed by atoms with Crippen LogP contribution in [-0.2, 0) is 6.42 Å². The summed E-state index contributed by atoms with van der Waals surface area (Å²) in [5.74, 6) is 1.65. The van der Waals surface area contributed by atoms with E-state index in [0.717, 1.165) is 49.0 Å². The van der Waals surface area contributed by atoms with Crippen molar-refractivity contribution in [1.82, 2.24) is 4.90 Å². The molecule has 0 N–H and O–H groups in total. The zero-order chi connectivity index (χ0) is 35.0. The molecule has 0 amide bonds. The second-order valence-electron chi connectivity index (χ2n) is 15.4. The average Bonchev–Trinajstić information content (AvgIpc) is 3.61. The fourth-order valence-corrected chi connectivity index (χ4v) is 10.4. The Kier molecular flexibility index (Phi) is 7.18. The highest BCUT2D eigenvalue weighted by Gasteiger charge is 2.56. The normalized spacial score (nSPS) is 31.3. The van der Waals surface area contributed by atoms with Gasteiger partial charge in [0.05, 0.1) is 29.7 Å². The van der Waals surface area contributed by atoms with Gasteiger partial charge in [-0.3, -0.25) is 4.99 Å². The third kappa shape index (κ3) is 4.56. The van der Waals surface area contributed by atoms with E-state index in [1.54, 1.807) is 0 Å². The summed E-state index contributed by atoms with van der Waals surface area (Å²) in [7, 11) is 0. The van der Waals surface area contributed by atoms with Crippen LogP contribution >= 0.6 is 0 Å². The van der Waals surface area contributed by atoms with Gasteiger partial charge in [0.2, 0.25) is 0 Å². The number of likely N-dealkylation sites (tertiary alicyclic amines) is 1. The summed E-state index contributed by atoms with van der Waals surface area (Å²) >= 11 is 0. The second-order valence-corrected chi connectivity index (χ2v) is 15.4. The molecule has 0 radical (unpaired) electrons. The van der Waals surface area contributed by atoms with E-state index < -0.39 is 0 Å². The molecule has 7 atom stereocenters. The first-order chi connectivity index (χ1) is 25.6. The Bertz CT molecular complexity index is 2330. The molecule has 0 saturated carbocycles. The molecule has 52 heavy (non-hydrogen) atoms. The van der Waals surface area contributed by atoms with Crippen molar-refractivity contribution in [3.8, 4) is 6.07 Å². The number of benzene rings is 2. The van der Waals surface area contributed by atoms with E-state index in [0.29, 0.717) is 0 Å². The first-order valence-corrected chi connectivity index (χ1v) is 18.9. The zero-order valence-corrected chi connectivity index (χ0v) is 29.5. The highest BCUT2D eigenvalue weighted by Crippen LogP contribution is 2.54. The van der Waals surface area contributed by atoms with Crippen molar-refractivity contribution in [3.05, 3.63) is 166 Å². The molecule has 5 heteroatoms. The largest absolute Gasteiger partial charge is 0.460 e. The number of nitrogens with zero attached hydrogens (tertiary/aromatic N) is 4. The van der Waals surface area contributed by atoms with E-state index in [2.05, 4.69) is 151 Å². The summed E-state index contributed by atoms with van der Waals surface area (Å²) in [4.78, 5) is 10.1. The number of nitriles is 1. The van der Waals surface area contributed by atoms with Gasteiger partial charge in [-0.25, -0.2) is 0 Å². The lowest BCUT2D eigenvalue weighted by Gasteiger charge is -2.46. The molecule has 7 aliphatic rings. The topological polar surface area (TPSA) is 55.8 Å². The van der Waals surface area contributed by atoms with Gasteiger partial charge >= 0.3 is 0 Å². The van der Waals surface area contributed by atoms with Gasteiger partial charge in [0.1, 0.15) is 11.3 Å². The molecule has 2 aromatic carbocycles. The summed E-state index contributed by atoms with van der Waals surface area (Å²) in [6.07, 6.45) is 32.7. The number of anilines is 1. The minimum atomic E-state index is -0.305. The predicted octanol–water partition coefficient (Wildman–Crippen LogP) is 9.98. The molecule has 1 saturated heterocycles. The summed E-state index contributed by atoms with van der Waals surface area (Å²) < 4.78 is 6.57. The Morgan fingerprint density at radius 2 is 1.79 bits per heavy atom. The van der Waals surface area contributed by atoms with Crippen molar-refractivity contribution in [2.45, 2.75) is 62.7 Å². The van der Waals surface area contributed by atoms with Crippen molar-refractivity contribution in [3.63, 3.8) is 0 Å². The summed E-state index contributed by atoms with van der Waals surface area (Å²) in [5.41, 5.74) is 10.4. The number of allylic oxidation sites excluding steroid dienone is 8. The van der Waals surface area contributed by atoms with Crippen molar-refractivity contribution in [1.29, 1.82) is 5.26 Å². The predicted molar refractivity (Wildman–Crippen MR) is 210 cm³/mol. The number of fused-ring (bicyclic) bond motifs is 8. The smallest absolute Gasteiger partial charge is 0.134 e. The third-order valence-corrected chi connectivity index (χ3v) is 12.7. The van der Waals surface area contributed by atoms with Crippen molar-refractivity contribution in [2.24, 2.45) is 22.7 Å². The quantitative estimate of drug-likeness (QED) is 0.204. The van der Waals surface area contributed by atoms with Crippen molar-refractivity contribution in [2.75, 3.05) is 4.90 Å². The first-order valence-electron chi connectivity index (χ1n) is 18.9. The van der Waals surface area contributed by atoms with E-state index in [1.807, 2.05) is 6.08 Å². The number of furan rings is 1. The van der Waals surface area contributed by atoms with Gasteiger partial charge in [0, 0.05) is 57.8 Å². The average molecular weight is 679 g/mol. The molecule has 0 spiro atoms. The van der Waals surface area contributed by atoms with Crippen LogP contribution in [-0.4, -0.2) is 35.3 Å². The van der Waals surface area contributed by atoms with Crippen LogP contribution in [0, 0.1) is 29.1 Å². The Hall–Kier alpha value is -5.60. The van der Waals surface area contributed by atoms with Gasteiger partial charge in [-0.05, 0) is 92.5 Å². The fraction of sp³-hybridized carbons (Fsp3) is 0.277. The number of rotatable bonds is 4.